The maximum atomic E-state index is 13.0. The number of carbonyl (C=O) groups excluding carboxylic acids is 1. The molecule has 1 amide bonds. The van der Waals surface area contributed by atoms with Crippen molar-refractivity contribution in [3.8, 4) is 17.6 Å². The first-order valence-electron chi connectivity index (χ1n) is 10.9. The average Bonchev–Trinajstić information content (AvgIpc) is 3.64. The highest BCUT2D eigenvalue weighted by molar-refractivity contribution is 5.78. The molecule has 2 aliphatic rings. The summed E-state index contributed by atoms with van der Waals surface area (Å²) in [5.74, 6) is 1.61. The zero-order valence-corrected chi connectivity index (χ0v) is 18.4. The fourth-order valence-electron chi connectivity index (χ4n) is 4.75. The van der Waals surface area contributed by atoms with Crippen molar-refractivity contribution < 1.29 is 19.2 Å². The molecule has 2 aromatic carbocycles. The SMILES string of the molecule is COc1cc2c(cc1OC)[C@H](c1ccccc1)[NH+](CC(=O)N[C@](C)(C#N)C1CC1)CC2. The Kier molecular flexibility index (Phi) is 5.88. The molecule has 0 radical (unpaired) electrons. The predicted molar refractivity (Wildman–Crippen MR) is 117 cm³/mol. The van der Waals surface area contributed by atoms with Gasteiger partial charge in [-0.2, -0.15) is 5.26 Å². The van der Waals surface area contributed by atoms with Gasteiger partial charge in [-0.1, -0.05) is 30.3 Å². The monoisotopic (exact) mass is 420 g/mol. The number of methoxy groups -OCH3 is 2. The lowest BCUT2D eigenvalue weighted by atomic mass is 9.87. The molecule has 1 aliphatic carbocycles. The number of quaternary nitrogens is 1. The number of rotatable bonds is 7. The molecule has 3 atom stereocenters. The largest absolute Gasteiger partial charge is 0.493 e. The van der Waals surface area contributed by atoms with Gasteiger partial charge in [0.2, 0.25) is 0 Å². The molecule has 0 saturated heterocycles. The van der Waals surface area contributed by atoms with Crippen molar-refractivity contribution in [2.45, 2.75) is 37.8 Å². The number of carbonyl (C=O) groups is 1. The number of ether oxygens (including phenoxy) is 2. The smallest absolute Gasteiger partial charge is 0.276 e. The molecule has 1 aliphatic heterocycles. The summed E-state index contributed by atoms with van der Waals surface area (Å²) in [4.78, 5) is 14.2. The number of amides is 1. The van der Waals surface area contributed by atoms with Gasteiger partial charge in [-0.25, -0.2) is 0 Å². The Morgan fingerprint density at radius 1 is 1.19 bits per heavy atom. The number of nitrogens with one attached hydrogen (secondary N) is 2. The second kappa shape index (κ2) is 8.60. The van der Waals surface area contributed by atoms with Gasteiger partial charge in [-0.15, -0.1) is 0 Å². The van der Waals surface area contributed by atoms with E-state index in [0.29, 0.717) is 12.3 Å². The third-order valence-electron chi connectivity index (χ3n) is 6.63. The molecule has 6 heteroatoms. The van der Waals surface area contributed by atoms with E-state index in [0.717, 1.165) is 42.7 Å². The van der Waals surface area contributed by atoms with E-state index in [9.17, 15) is 10.1 Å². The lowest BCUT2D eigenvalue weighted by molar-refractivity contribution is -0.920. The quantitative estimate of drug-likeness (QED) is 0.719. The van der Waals surface area contributed by atoms with Crippen LogP contribution in [0.4, 0.5) is 0 Å². The van der Waals surface area contributed by atoms with Crippen LogP contribution in [0.25, 0.3) is 0 Å². The number of hydrogen-bond acceptors (Lipinski definition) is 4. The van der Waals surface area contributed by atoms with Gasteiger partial charge in [0.15, 0.2) is 18.0 Å². The van der Waals surface area contributed by atoms with Gasteiger partial charge < -0.3 is 19.7 Å². The van der Waals surface area contributed by atoms with Gasteiger partial charge in [0.1, 0.15) is 11.6 Å². The number of fused-ring (bicyclic) bond motifs is 1. The van der Waals surface area contributed by atoms with Gasteiger partial charge in [-0.05, 0) is 43.4 Å². The minimum absolute atomic E-state index is 0.00442. The van der Waals surface area contributed by atoms with Crippen LogP contribution in [0.3, 0.4) is 0 Å². The highest BCUT2D eigenvalue weighted by Gasteiger charge is 2.44. The van der Waals surface area contributed by atoms with Crippen LogP contribution >= 0.6 is 0 Å². The first kappa shape index (κ1) is 21.2. The Morgan fingerprint density at radius 3 is 2.48 bits per heavy atom. The van der Waals surface area contributed by atoms with Crippen molar-refractivity contribution >= 4 is 5.91 Å². The van der Waals surface area contributed by atoms with E-state index >= 15 is 0 Å². The summed E-state index contributed by atoms with van der Waals surface area (Å²) >= 11 is 0. The van der Waals surface area contributed by atoms with Crippen LogP contribution in [-0.4, -0.2) is 38.8 Å². The van der Waals surface area contributed by atoms with E-state index in [-0.39, 0.29) is 17.9 Å². The predicted octanol–water partition coefficient (Wildman–Crippen LogP) is 2.04. The Bertz CT molecular complexity index is 997. The summed E-state index contributed by atoms with van der Waals surface area (Å²) in [5, 5.41) is 12.6. The normalized spacial score (nSPS) is 21.9. The second-order valence-electron chi connectivity index (χ2n) is 8.72. The Labute approximate surface area is 183 Å². The van der Waals surface area contributed by atoms with Gasteiger partial charge >= 0.3 is 0 Å². The van der Waals surface area contributed by atoms with Crippen LogP contribution in [0.1, 0.15) is 42.5 Å². The van der Waals surface area contributed by atoms with Crippen molar-refractivity contribution in [2.24, 2.45) is 5.92 Å². The summed E-state index contributed by atoms with van der Waals surface area (Å²) < 4.78 is 11.1. The minimum atomic E-state index is -0.775. The highest BCUT2D eigenvalue weighted by Crippen LogP contribution is 2.39. The summed E-state index contributed by atoms with van der Waals surface area (Å²) in [5.41, 5.74) is 2.76. The molecule has 0 bridgehead atoms. The second-order valence-corrected chi connectivity index (χ2v) is 8.72. The van der Waals surface area contributed by atoms with Crippen LogP contribution in [0.5, 0.6) is 11.5 Å². The molecule has 6 nitrogen and oxygen atoms in total. The van der Waals surface area contributed by atoms with E-state index in [1.54, 1.807) is 14.2 Å². The third kappa shape index (κ3) is 4.24. The Hall–Kier alpha value is -3.04. The standard InChI is InChI=1S/C25H29N3O3/c1-25(16-26,19-9-10-19)27-23(29)15-28-12-11-18-13-21(30-2)22(31-3)14-20(18)24(28)17-7-5-4-6-8-17/h4-8,13-14,19,24H,9-12,15H2,1-3H3,(H,27,29)/p+1/t24-,25+/m0/s1. The molecule has 0 spiro atoms. The zero-order chi connectivity index (χ0) is 22.0. The summed E-state index contributed by atoms with van der Waals surface area (Å²) in [6, 6.07) is 16.7. The zero-order valence-electron chi connectivity index (χ0n) is 18.4. The molecule has 1 saturated carbocycles. The molecular formula is C25H30N3O3+. The number of hydrogen-bond donors (Lipinski definition) is 2. The van der Waals surface area contributed by atoms with E-state index in [4.69, 9.17) is 9.47 Å². The molecule has 0 aromatic heterocycles. The number of nitriles is 1. The van der Waals surface area contributed by atoms with Gasteiger partial charge in [0.25, 0.3) is 5.91 Å². The number of nitrogens with zero attached hydrogens (tertiary/aromatic N) is 1. The van der Waals surface area contributed by atoms with Gasteiger partial charge in [0, 0.05) is 17.5 Å². The molecule has 31 heavy (non-hydrogen) atoms. The van der Waals surface area contributed by atoms with Crippen molar-refractivity contribution in [2.75, 3.05) is 27.3 Å². The van der Waals surface area contributed by atoms with Crippen LogP contribution in [0.15, 0.2) is 42.5 Å². The van der Waals surface area contributed by atoms with E-state index in [2.05, 4.69) is 29.6 Å². The average molecular weight is 421 g/mol. The Morgan fingerprint density at radius 2 is 1.87 bits per heavy atom. The lowest BCUT2D eigenvalue weighted by Gasteiger charge is -2.35. The molecule has 2 N–H and O–H groups in total. The molecule has 1 fully saturated rings. The lowest BCUT2D eigenvalue weighted by Crippen LogP contribution is -3.14. The molecule has 4 rings (SSSR count). The first-order chi connectivity index (χ1) is 15.0. The summed E-state index contributed by atoms with van der Waals surface area (Å²) in [6.07, 6.45) is 2.85. The van der Waals surface area contributed by atoms with Crippen LogP contribution in [-0.2, 0) is 11.2 Å². The molecule has 1 heterocycles. The van der Waals surface area contributed by atoms with Crippen LogP contribution < -0.4 is 19.7 Å². The van der Waals surface area contributed by atoms with Crippen molar-refractivity contribution in [1.82, 2.24) is 5.32 Å². The molecule has 162 valence electrons. The minimum Gasteiger partial charge on any atom is -0.493 e. The van der Waals surface area contributed by atoms with E-state index < -0.39 is 5.54 Å². The van der Waals surface area contributed by atoms with Crippen molar-refractivity contribution in [3.05, 3.63) is 59.2 Å². The summed E-state index contributed by atoms with van der Waals surface area (Å²) in [6.45, 7) is 2.98. The van der Waals surface area contributed by atoms with Gasteiger partial charge in [0.05, 0.1) is 26.8 Å². The van der Waals surface area contributed by atoms with E-state index in [1.165, 1.54) is 10.5 Å². The molecule has 1 unspecified atom stereocenters. The number of benzene rings is 2. The summed E-state index contributed by atoms with van der Waals surface area (Å²) in [7, 11) is 3.29. The van der Waals surface area contributed by atoms with Crippen molar-refractivity contribution in [1.29, 1.82) is 5.26 Å². The van der Waals surface area contributed by atoms with Crippen LogP contribution in [0.2, 0.25) is 0 Å². The fourth-order valence-corrected chi connectivity index (χ4v) is 4.75. The van der Waals surface area contributed by atoms with Crippen molar-refractivity contribution in [3.63, 3.8) is 0 Å². The maximum absolute atomic E-state index is 13.0. The first-order valence-corrected chi connectivity index (χ1v) is 10.9. The molecule has 2 aromatic rings. The topological polar surface area (TPSA) is 75.8 Å². The molecular weight excluding hydrogens is 390 g/mol. The van der Waals surface area contributed by atoms with Crippen LogP contribution in [0, 0.1) is 17.2 Å². The highest BCUT2D eigenvalue weighted by atomic mass is 16.5. The van der Waals surface area contributed by atoms with Gasteiger partial charge in [-0.3, -0.25) is 4.79 Å². The Balaban J connectivity index is 1.65. The maximum Gasteiger partial charge on any atom is 0.276 e. The fraction of sp³-hybridized carbons (Fsp3) is 0.440. The third-order valence-corrected chi connectivity index (χ3v) is 6.63. The van der Waals surface area contributed by atoms with E-state index in [1.807, 2.05) is 31.2 Å².